The monoisotopic (exact) mass is 412 g/mol. The predicted octanol–water partition coefficient (Wildman–Crippen LogP) is 4.04. The van der Waals surface area contributed by atoms with Crippen LogP contribution in [0.3, 0.4) is 0 Å². The van der Waals surface area contributed by atoms with E-state index in [9.17, 15) is 5.26 Å². The molecule has 0 atom stereocenters. The molecular weight excluding hydrogens is 395 g/mol. The van der Waals surface area contributed by atoms with Crippen molar-refractivity contribution in [3.8, 4) is 17.7 Å². The molecule has 5 heteroatoms. The van der Waals surface area contributed by atoms with Gasteiger partial charge in [-0.25, -0.2) is 0 Å². The number of hydrogen-bond acceptors (Lipinski definition) is 4. The molecule has 2 heterocycles. The van der Waals surface area contributed by atoms with E-state index in [4.69, 9.17) is 9.15 Å². The molecule has 114 valence electrons. The predicted molar refractivity (Wildman–Crippen MR) is 90.3 cm³/mol. The number of benzene rings is 1. The Hall–Kier alpha value is -2.00. The third-order valence-electron chi connectivity index (χ3n) is 3.18. The molecule has 2 aromatic heterocycles. The van der Waals surface area contributed by atoms with E-state index in [0.29, 0.717) is 20.6 Å². The van der Waals surface area contributed by atoms with Gasteiger partial charge in [0.05, 0.1) is 0 Å². The molecule has 0 unspecified atom stereocenters. The number of rotatable bonds is 3. The van der Waals surface area contributed by atoms with Crippen LogP contribution in [0, 0.1) is 11.3 Å². The van der Waals surface area contributed by atoms with Crippen LogP contribution < -0.4 is 8.32 Å². The first-order chi connectivity index (χ1) is 11.0. The van der Waals surface area contributed by atoms with Crippen molar-refractivity contribution < 1.29 is 9.15 Å². The molecule has 0 saturated heterocycles. The Kier molecular flexibility index (Phi) is 4.31. The number of nitriles is 1. The first-order valence-corrected chi connectivity index (χ1v) is 10.1. The molecule has 0 bridgehead atoms. The first kappa shape index (κ1) is 15.9. The maximum atomic E-state index is 9.44. The molecule has 0 saturated carbocycles. The summed E-state index contributed by atoms with van der Waals surface area (Å²) in [7, 11) is 0. The van der Waals surface area contributed by atoms with E-state index in [1.54, 1.807) is 18.5 Å². The van der Waals surface area contributed by atoms with Crippen LogP contribution in [0.1, 0.15) is 26.3 Å². The van der Waals surface area contributed by atoms with Gasteiger partial charge < -0.3 is 0 Å². The zero-order valence-corrected chi connectivity index (χ0v) is 16.1. The van der Waals surface area contributed by atoms with Gasteiger partial charge in [-0.2, -0.15) is 0 Å². The minimum atomic E-state index is -0.840. The Balaban J connectivity index is 1.92. The molecule has 3 aromatic rings. The summed E-state index contributed by atoms with van der Waals surface area (Å²) in [6, 6.07) is 11.7. The molecule has 0 aliphatic carbocycles. The van der Waals surface area contributed by atoms with Crippen molar-refractivity contribution in [3.63, 3.8) is 0 Å². The number of ether oxygens (including phenoxy) is 1. The Morgan fingerprint density at radius 2 is 2.04 bits per heavy atom. The van der Waals surface area contributed by atoms with Gasteiger partial charge in [-0.1, -0.05) is 0 Å². The van der Waals surface area contributed by atoms with Gasteiger partial charge in [-0.3, -0.25) is 0 Å². The maximum absolute atomic E-state index is 9.44. The van der Waals surface area contributed by atoms with E-state index in [2.05, 4.69) is 31.8 Å². The molecule has 1 aromatic carbocycles. The summed E-state index contributed by atoms with van der Waals surface area (Å²) in [6.07, 6.45) is 3.26. The fourth-order valence-corrected chi connectivity index (χ4v) is 5.79. The SMILES string of the molecule is C[C](C)(C)[Sn][c]1ccc(Oc2nccc3occc23)cc1C#N. The molecule has 0 aliphatic rings. The van der Waals surface area contributed by atoms with Crippen molar-refractivity contribution in [1.29, 1.82) is 5.26 Å². The number of pyridine rings is 1. The summed E-state index contributed by atoms with van der Waals surface area (Å²) < 4.78 is 12.7. The second-order valence-corrected chi connectivity index (χ2v) is 12.8. The van der Waals surface area contributed by atoms with Gasteiger partial charge in [0.1, 0.15) is 0 Å². The summed E-state index contributed by atoms with van der Waals surface area (Å²) in [6.45, 7) is 6.69. The molecule has 2 radical (unpaired) electrons. The summed E-state index contributed by atoms with van der Waals surface area (Å²) in [5.41, 5.74) is 1.44. The first-order valence-electron chi connectivity index (χ1n) is 7.29. The fourth-order valence-electron chi connectivity index (χ4n) is 2.25. The van der Waals surface area contributed by atoms with Crippen LogP contribution in [-0.4, -0.2) is 26.1 Å². The Morgan fingerprint density at radius 3 is 2.78 bits per heavy atom. The number of fused-ring (bicyclic) bond motifs is 1. The Bertz CT molecular complexity index is 888. The van der Waals surface area contributed by atoms with Crippen LogP contribution in [0.2, 0.25) is 3.43 Å². The number of aromatic nitrogens is 1. The summed E-state index contributed by atoms with van der Waals surface area (Å²) >= 11 is -0.840. The average molecular weight is 411 g/mol. The normalized spacial score (nSPS) is 11.4. The third-order valence-corrected chi connectivity index (χ3v) is 7.33. The van der Waals surface area contributed by atoms with Crippen molar-refractivity contribution in [2.75, 3.05) is 0 Å². The van der Waals surface area contributed by atoms with E-state index in [-0.39, 0.29) is 0 Å². The van der Waals surface area contributed by atoms with Gasteiger partial charge >= 0.3 is 145 Å². The second kappa shape index (κ2) is 6.24. The molecule has 0 N–H and O–H groups in total. The van der Waals surface area contributed by atoms with Crippen LogP contribution in [0.15, 0.2) is 47.2 Å². The van der Waals surface area contributed by atoms with Gasteiger partial charge in [0.2, 0.25) is 0 Å². The third kappa shape index (κ3) is 3.67. The average Bonchev–Trinajstić information content (AvgIpc) is 2.97. The van der Waals surface area contributed by atoms with Gasteiger partial charge in [-0.05, 0) is 0 Å². The molecule has 3 rings (SSSR count). The van der Waals surface area contributed by atoms with Crippen LogP contribution in [-0.2, 0) is 0 Å². The second-order valence-electron chi connectivity index (χ2n) is 6.24. The van der Waals surface area contributed by atoms with Crippen molar-refractivity contribution in [1.82, 2.24) is 4.98 Å². The zero-order valence-electron chi connectivity index (χ0n) is 13.3. The Morgan fingerprint density at radius 1 is 1.22 bits per heavy atom. The van der Waals surface area contributed by atoms with Crippen LogP contribution in [0.25, 0.3) is 11.0 Å². The Labute approximate surface area is 145 Å². The van der Waals surface area contributed by atoms with E-state index >= 15 is 0 Å². The van der Waals surface area contributed by atoms with Gasteiger partial charge in [-0.15, -0.1) is 0 Å². The van der Waals surface area contributed by atoms with Crippen molar-refractivity contribution in [2.24, 2.45) is 0 Å². The number of hydrogen-bond donors (Lipinski definition) is 0. The van der Waals surface area contributed by atoms with Crippen LogP contribution in [0.4, 0.5) is 0 Å². The van der Waals surface area contributed by atoms with E-state index in [1.165, 1.54) is 3.58 Å². The minimum absolute atomic E-state index is 0.293. The number of nitrogens with zero attached hydrogens (tertiary/aromatic N) is 2. The van der Waals surface area contributed by atoms with Crippen molar-refractivity contribution in [3.05, 3.63) is 48.4 Å². The van der Waals surface area contributed by atoms with Crippen LogP contribution in [0.5, 0.6) is 11.6 Å². The molecule has 4 nitrogen and oxygen atoms in total. The topological polar surface area (TPSA) is 59.1 Å². The molecule has 0 amide bonds. The van der Waals surface area contributed by atoms with E-state index in [0.717, 1.165) is 11.0 Å². The molecule has 23 heavy (non-hydrogen) atoms. The van der Waals surface area contributed by atoms with E-state index in [1.807, 2.05) is 24.3 Å². The van der Waals surface area contributed by atoms with Gasteiger partial charge in [0, 0.05) is 0 Å². The quantitative estimate of drug-likeness (QED) is 0.611. The van der Waals surface area contributed by atoms with Gasteiger partial charge in [0.25, 0.3) is 0 Å². The fraction of sp³-hybridized carbons (Fsp3) is 0.222. The standard InChI is InChI=1S/C14H7N2O2.C4H9.Sn/c15-9-10-2-1-3-11(8-10)18-14-12-5-7-17-13(12)4-6-16-14;1-4(2)3;/h1,3-8H;1-3H3;. The zero-order chi connectivity index (χ0) is 16.4. The molecular formula is C18H16N2O2Sn. The summed E-state index contributed by atoms with van der Waals surface area (Å²) in [5, 5.41) is 10.3. The van der Waals surface area contributed by atoms with Gasteiger partial charge in [0.15, 0.2) is 0 Å². The number of furan rings is 1. The van der Waals surface area contributed by atoms with Crippen LogP contribution >= 0.6 is 0 Å². The molecule has 0 spiro atoms. The molecule has 0 aliphatic heterocycles. The summed E-state index contributed by atoms with van der Waals surface area (Å²) in [5.74, 6) is 1.11. The van der Waals surface area contributed by atoms with Crippen molar-refractivity contribution in [2.45, 2.75) is 24.2 Å². The summed E-state index contributed by atoms with van der Waals surface area (Å²) in [4.78, 5) is 4.26. The van der Waals surface area contributed by atoms with Crippen molar-refractivity contribution >= 4 is 35.7 Å². The molecule has 0 fully saturated rings. The van der Waals surface area contributed by atoms with E-state index < -0.39 is 21.1 Å².